The number of nitrogens with one attached hydrogen (secondary N) is 1. The van der Waals surface area contributed by atoms with Crippen LogP contribution in [-0.4, -0.2) is 42.3 Å². The van der Waals surface area contributed by atoms with Gasteiger partial charge in [-0.1, -0.05) is 20.8 Å². The lowest BCUT2D eigenvalue weighted by atomic mass is 10.1. The second kappa shape index (κ2) is 7.21. The van der Waals surface area contributed by atoms with E-state index in [1.54, 1.807) is 0 Å². The first-order valence-electron chi connectivity index (χ1n) is 6.23. The lowest BCUT2D eigenvalue weighted by Crippen LogP contribution is -2.50. The molecule has 5 heteroatoms. The van der Waals surface area contributed by atoms with Crippen molar-refractivity contribution < 1.29 is 13.2 Å². The maximum absolute atomic E-state index is 12.5. The van der Waals surface area contributed by atoms with E-state index in [9.17, 15) is 13.2 Å². The largest absolute Gasteiger partial charge is 0.401 e. The minimum absolute atomic E-state index is 0.0703. The average Bonchev–Trinajstić information content (AvgIpc) is 2.14. The summed E-state index contributed by atoms with van der Waals surface area (Å²) in [5.74, 6) is 0. The molecule has 0 aromatic carbocycles. The Hall–Kier alpha value is -0.290. The van der Waals surface area contributed by atoms with E-state index in [0.29, 0.717) is 19.0 Å². The molecule has 0 bridgehead atoms. The van der Waals surface area contributed by atoms with Crippen molar-refractivity contribution in [2.45, 2.75) is 65.3 Å². The molecule has 0 radical (unpaired) electrons. The van der Waals surface area contributed by atoms with Crippen LogP contribution in [-0.2, 0) is 0 Å². The van der Waals surface area contributed by atoms with Crippen LogP contribution in [0.25, 0.3) is 0 Å². The van der Waals surface area contributed by atoms with Gasteiger partial charge in [-0.2, -0.15) is 13.2 Å². The first kappa shape index (κ1) is 16.7. The normalized spacial score (nSPS) is 15.0. The summed E-state index contributed by atoms with van der Waals surface area (Å²) in [5, 5.41) is 3.21. The van der Waals surface area contributed by atoms with Crippen molar-refractivity contribution in [3.05, 3.63) is 0 Å². The SMILES string of the molecule is CCC(CNC(C)C)N(CC(F)(F)F)C(C)C. The van der Waals surface area contributed by atoms with Crippen LogP contribution in [0, 0.1) is 0 Å². The van der Waals surface area contributed by atoms with Crippen LogP contribution in [0.15, 0.2) is 0 Å². The van der Waals surface area contributed by atoms with Gasteiger partial charge in [-0.05, 0) is 20.3 Å². The third kappa shape index (κ3) is 7.60. The van der Waals surface area contributed by atoms with E-state index in [0.717, 1.165) is 0 Å². The summed E-state index contributed by atoms with van der Waals surface area (Å²) in [6, 6.07) is 0.124. The van der Waals surface area contributed by atoms with Crippen LogP contribution in [0.3, 0.4) is 0 Å². The van der Waals surface area contributed by atoms with Crippen molar-refractivity contribution in [2.75, 3.05) is 13.1 Å². The van der Waals surface area contributed by atoms with E-state index < -0.39 is 12.7 Å². The summed E-state index contributed by atoms with van der Waals surface area (Å²) in [5.41, 5.74) is 0. The van der Waals surface area contributed by atoms with Gasteiger partial charge in [0.1, 0.15) is 0 Å². The Morgan fingerprint density at radius 3 is 1.94 bits per heavy atom. The summed E-state index contributed by atoms with van der Waals surface area (Å²) in [4.78, 5) is 1.52. The predicted octanol–water partition coefficient (Wildman–Crippen LogP) is 3.04. The number of rotatable bonds is 7. The van der Waals surface area contributed by atoms with Crippen LogP contribution >= 0.6 is 0 Å². The molecule has 1 N–H and O–H groups in total. The van der Waals surface area contributed by atoms with Gasteiger partial charge in [0.15, 0.2) is 0 Å². The van der Waals surface area contributed by atoms with Gasteiger partial charge in [0.05, 0.1) is 6.54 Å². The van der Waals surface area contributed by atoms with E-state index in [2.05, 4.69) is 5.32 Å². The highest BCUT2D eigenvalue weighted by Crippen LogP contribution is 2.20. The molecule has 17 heavy (non-hydrogen) atoms. The number of halogens is 3. The lowest BCUT2D eigenvalue weighted by molar-refractivity contribution is -0.155. The lowest BCUT2D eigenvalue weighted by Gasteiger charge is -2.35. The van der Waals surface area contributed by atoms with Crippen LogP contribution in [0.4, 0.5) is 13.2 Å². The van der Waals surface area contributed by atoms with Gasteiger partial charge >= 0.3 is 6.18 Å². The van der Waals surface area contributed by atoms with E-state index in [1.807, 2.05) is 34.6 Å². The van der Waals surface area contributed by atoms with E-state index in [4.69, 9.17) is 0 Å². The smallest absolute Gasteiger partial charge is 0.313 e. The second-order valence-corrected chi connectivity index (χ2v) is 5.01. The van der Waals surface area contributed by atoms with E-state index >= 15 is 0 Å². The molecular weight excluding hydrogens is 229 g/mol. The number of alkyl halides is 3. The maximum Gasteiger partial charge on any atom is 0.401 e. The molecule has 0 aromatic rings. The van der Waals surface area contributed by atoms with Crippen molar-refractivity contribution in [1.82, 2.24) is 10.2 Å². The van der Waals surface area contributed by atoms with E-state index in [-0.39, 0.29) is 12.1 Å². The second-order valence-electron chi connectivity index (χ2n) is 5.01. The van der Waals surface area contributed by atoms with Crippen molar-refractivity contribution in [1.29, 1.82) is 0 Å². The zero-order valence-corrected chi connectivity index (χ0v) is 11.4. The fourth-order valence-electron chi connectivity index (χ4n) is 1.81. The standard InChI is InChI=1S/C12H25F3N2/c1-6-11(7-16-9(2)3)17(10(4)5)8-12(13,14)15/h9-11,16H,6-8H2,1-5H3. The molecule has 0 saturated carbocycles. The van der Waals surface area contributed by atoms with Gasteiger partial charge < -0.3 is 5.32 Å². The van der Waals surface area contributed by atoms with Gasteiger partial charge in [-0.25, -0.2) is 0 Å². The molecule has 0 aliphatic heterocycles. The summed E-state index contributed by atoms with van der Waals surface area (Å²) in [6.45, 7) is 9.31. The number of hydrogen-bond acceptors (Lipinski definition) is 2. The van der Waals surface area contributed by atoms with Crippen LogP contribution in [0.5, 0.6) is 0 Å². The summed E-state index contributed by atoms with van der Waals surface area (Å²) in [6.07, 6.45) is -3.41. The molecule has 0 heterocycles. The summed E-state index contributed by atoms with van der Waals surface area (Å²) >= 11 is 0. The first-order valence-corrected chi connectivity index (χ1v) is 6.23. The third-order valence-electron chi connectivity index (χ3n) is 2.73. The maximum atomic E-state index is 12.5. The minimum atomic E-state index is -4.13. The topological polar surface area (TPSA) is 15.3 Å². The first-order chi connectivity index (χ1) is 7.67. The molecule has 1 unspecified atom stereocenters. The Morgan fingerprint density at radius 2 is 1.65 bits per heavy atom. The highest BCUT2D eigenvalue weighted by Gasteiger charge is 2.34. The Bertz CT molecular complexity index is 202. The summed E-state index contributed by atoms with van der Waals surface area (Å²) in [7, 11) is 0. The Morgan fingerprint density at radius 1 is 1.12 bits per heavy atom. The molecule has 104 valence electrons. The Labute approximate surface area is 103 Å². The molecule has 0 rings (SSSR count). The molecule has 0 saturated heterocycles. The van der Waals surface area contributed by atoms with Gasteiger partial charge in [0, 0.05) is 24.7 Å². The number of nitrogens with zero attached hydrogens (tertiary/aromatic N) is 1. The van der Waals surface area contributed by atoms with Crippen LogP contribution in [0.2, 0.25) is 0 Å². The highest BCUT2D eigenvalue weighted by atomic mass is 19.4. The molecule has 0 fully saturated rings. The van der Waals surface area contributed by atoms with Crippen LogP contribution in [0.1, 0.15) is 41.0 Å². The van der Waals surface area contributed by atoms with Gasteiger partial charge in [0.25, 0.3) is 0 Å². The average molecular weight is 254 g/mol. The molecule has 0 aliphatic rings. The quantitative estimate of drug-likeness (QED) is 0.751. The fourth-order valence-corrected chi connectivity index (χ4v) is 1.81. The monoisotopic (exact) mass is 254 g/mol. The van der Waals surface area contributed by atoms with Crippen LogP contribution < -0.4 is 5.32 Å². The summed E-state index contributed by atoms with van der Waals surface area (Å²) < 4.78 is 37.5. The fraction of sp³-hybridized carbons (Fsp3) is 1.00. The molecule has 0 aliphatic carbocycles. The highest BCUT2D eigenvalue weighted by molar-refractivity contribution is 4.78. The molecule has 0 amide bonds. The van der Waals surface area contributed by atoms with Crippen molar-refractivity contribution in [3.8, 4) is 0 Å². The Balaban J connectivity index is 4.52. The molecule has 0 aromatic heterocycles. The zero-order chi connectivity index (χ0) is 13.6. The molecule has 0 spiro atoms. The minimum Gasteiger partial charge on any atom is -0.313 e. The number of hydrogen-bond donors (Lipinski definition) is 1. The zero-order valence-electron chi connectivity index (χ0n) is 11.4. The molecule has 2 nitrogen and oxygen atoms in total. The van der Waals surface area contributed by atoms with Crippen molar-refractivity contribution in [2.24, 2.45) is 0 Å². The predicted molar refractivity (Wildman–Crippen MR) is 65.1 cm³/mol. The third-order valence-corrected chi connectivity index (χ3v) is 2.73. The molecule has 1 atom stereocenters. The van der Waals surface area contributed by atoms with Gasteiger partial charge in [0.2, 0.25) is 0 Å². The Kier molecular flexibility index (Phi) is 7.09. The van der Waals surface area contributed by atoms with Gasteiger partial charge in [-0.15, -0.1) is 0 Å². The van der Waals surface area contributed by atoms with Gasteiger partial charge in [-0.3, -0.25) is 4.90 Å². The van der Waals surface area contributed by atoms with Crippen molar-refractivity contribution in [3.63, 3.8) is 0 Å². The molecular formula is C12H25F3N2. The van der Waals surface area contributed by atoms with E-state index in [1.165, 1.54) is 4.90 Å². The van der Waals surface area contributed by atoms with Crippen molar-refractivity contribution >= 4 is 0 Å².